The van der Waals surface area contributed by atoms with E-state index in [1.165, 1.54) is 16.3 Å². The van der Waals surface area contributed by atoms with Crippen molar-refractivity contribution in [1.29, 1.82) is 0 Å². The summed E-state index contributed by atoms with van der Waals surface area (Å²) in [6, 6.07) is 14.8. The Kier molecular flexibility index (Phi) is 3.20. The summed E-state index contributed by atoms with van der Waals surface area (Å²) >= 11 is 0. The van der Waals surface area contributed by atoms with E-state index in [1.807, 2.05) is 19.1 Å². The lowest BCUT2D eigenvalue weighted by Crippen LogP contribution is -1.94. The summed E-state index contributed by atoms with van der Waals surface area (Å²) in [5.74, 6) is 0. The highest BCUT2D eigenvalue weighted by Gasteiger charge is 1.98. The van der Waals surface area contributed by atoms with Crippen LogP contribution in [-0.4, -0.2) is 10.9 Å². The van der Waals surface area contributed by atoms with Crippen molar-refractivity contribution in [2.45, 2.75) is 19.8 Å². The summed E-state index contributed by atoms with van der Waals surface area (Å²) in [6.45, 7) is 1.83. The molecule has 0 aliphatic heterocycles. The van der Waals surface area contributed by atoms with Gasteiger partial charge in [-0.1, -0.05) is 47.6 Å². The SMILES string of the molecule is C/C(CCc1ccc2ccccc2c1)=N/O. The normalized spacial score (nSPS) is 11.9. The van der Waals surface area contributed by atoms with E-state index in [1.54, 1.807) is 0 Å². The molecule has 0 atom stereocenters. The first kappa shape index (κ1) is 10.7. The quantitative estimate of drug-likeness (QED) is 0.471. The summed E-state index contributed by atoms with van der Waals surface area (Å²) in [7, 11) is 0. The van der Waals surface area contributed by atoms with E-state index >= 15 is 0 Å². The molecule has 0 unspecified atom stereocenters. The molecular formula is C14H15NO. The van der Waals surface area contributed by atoms with Crippen LogP contribution in [0.4, 0.5) is 0 Å². The molecule has 16 heavy (non-hydrogen) atoms. The number of oxime groups is 1. The Labute approximate surface area is 95.2 Å². The highest BCUT2D eigenvalue weighted by molar-refractivity contribution is 5.84. The third kappa shape index (κ3) is 2.40. The second kappa shape index (κ2) is 4.79. The van der Waals surface area contributed by atoms with Gasteiger partial charge in [0, 0.05) is 0 Å². The summed E-state index contributed by atoms with van der Waals surface area (Å²) in [5.41, 5.74) is 2.05. The number of fused-ring (bicyclic) bond motifs is 1. The van der Waals surface area contributed by atoms with Crippen molar-refractivity contribution >= 4 is 16.5 Å². The lowest BCUT2D eigenvalue weighted by atomic mass is 10.0. The molecule has 0 heterocycles. The Morgan fingerprint density at radius 2 is 1.88 bits per heavy atom. The molecule has 0 amide bonds. The molecule has 2 aromatic rings. The van der Waals surface area contributed by atoms with E-state index in [4.69, 9.17) is 5.21 Å². The minimum Gasteiger partial charge on any atom is -0.411 e. The van der Waals surface area contributed by atoms with E-state index in [2.05, 4.69) is 35.5 Å². The van der Waals surface area contributed by atoms with Crippen LogP contribution >= 0.6 is 0 Å². The van der Waals surface area contributed by atoms with Gasteiger partial charge in [-0.25, -0.2) is 0 Å². The Morgan fingerprint density at radius 3 is 2.62 bits per heavy atom. The number of benzene rings is 2. The van der Waals surface area contributed by atoms with Crippen LogP contribution in [-0.2, 0) is 6.42 Å². The molecule has 0 bridgehead atoms. The average Bonchev–Trinajstić information content (AvgIpc) is 2.35. The lowest BCUT2D eigenvalue weighted by molar-refractivity contribution is 0.317. The Morgan fingerprint density at radius 1 is 1.12 bits per heavy atom. The number of nitrogens with zero attached hydrogens (tertiary/aromatic N) is 1. The summed E-state index contributed by atoms with van der Waals surface area (Å²) in [6.07, 6.45) is 1.72. The molecule has 0 spiro atoms. The van der Waals surface area contributed by atoms with Gasteiger partial charge in [0.05, 0.1) is 5.71 Å². The molecule has 0 saturated heterocycles. The average molecular weight is 213 g/mol. The van der Waals surface area contributed by atoms with Crippen LogP contribution in [0.3, 0.4) is 0 Å². The predicted octanol–water partition coefficient (Wildman–Crippen LogP) is 3.62. The topological polar surface area (TPSA) is 32.6 Å². The van der Waals surface area contributed by atoms with Gasteiger partial charge in [0.2, 0.25) is 0 Å². The Bertz CT molecular complexity index is 517. The minimum absolute atomic E-state index is 0.771. The maximum atomic E-state index is 8.57. The molecular weight excluding hydrogens is 198 g/mol. The van der Waals surface area contributed by atoms with Crippen LogP contribution in [0, 0.1) is 0 Å². The Balaban J connectivity index is 2.20. The zero-order valence-electron chi connectivity index (χ0n) is 9.35. The lowest BCUT2D eigenvalue weighted by Gasteiger charge is -2.03. The zero-order valence-corrected chi connectivity index (χ0v) is 9.35. The molecule has 2 rings (SSSR count). The van der Waals surface area contributed by atoms with Crippen LogP contribution in [0.5, 0.6) is 0 Å². The molecule has 0 aliphatic rings. The van der Waals surface area contributed by atoms with Crippen molar-refractivity contribution in [3.8, 4) is 0 Å². The first-order valence-corrected chi connectivity index (χ1v) is 5.45. The van der Waals surface area contributed by atoms with Crippen LogP contribution in [0.25, 0.3) is 10.8 Å². The first-order chi connectivity index (χ1) is 7.79. The number of aryl methyl sites for hydroxylation is 1. The first-order valence-electron chi connectivity index (χ1n) is 5.45. The fourth-order valence-corrected chi connectivity index (χ4v) is 1.77. The van der Waals surface area contributed by atoms with Gasteiger partial charge in [-0.2, -0.15) is 0 Å². The third-order valence-corrected chi connectivity index (χ3v) is 2.76. The maximum Gasteiger partial charge on any atom is 0.0543 e. The molecule has 0 aliphatic carbocycles. The molecule has 2 nitrogen and oxygen atoms in total. The third-order valence-electron chi connectivity index (χ3n) is 2.76. The maximum absolute atomic E-state index is 8.57. The van der Waals surface area contributed by atoms with E-state index in [-0.39, 0.29) is 0 Å². The zero-order chi connectivity index (χ0) is 11.4. The smallest absolute Gasteiger partial charge is 0.0543 e. The van der Waals surface area contributed by atoms with Crippen LogP contribution in [0.1, 0.15) is 18.9 Å². The fourth-order valence-electron chi connectivity index (χ4n) is 1.77. The number of hydrogen-bond donors (Lipinski definition) is 1. The van der Waals surface area contributed by atoms with Crippen molar-refractivity contribution in [1.82, 2.24) is 0 Å². The second-order valence-electron chi connectivity index (χ2n) is 4.02. The van der Waals surface area contributed by atoms with Crippen LogP contribution in [0.2, 0.25) is 0 Å². The van der Waals surface area contributed by atoms with Gasteiger partial charge in [-0.05, 0) is 36.1 Å². The van der Waals surface area contributed by atoms with E-state index in [9.17, 15) is 0 Å². The van der Waals surface area contributed by atoms with Gasteiger partial charge in [0.15, 0.2) is 0 Å². The molecule has 2 heteroatoms. The van der Waals surface area contributed by atoms with Gasteiger partial charge < -0.3 is 5.21 Å². The Hall–Kier alpha value is -1.83. The molecule has 1 N–H and O–H groups in total. The van der Waals surface area contributed by atoms with Crippen molar-refractivity contribution in [3.05, 3.63) is 48.0 Å². The van der Waals surface area contributed by atoms with E-state index in [0.29, 0.717) is 0 Å². The van der Waals surface area contributed by atoms with E-state index in [0.717, 1.165) is 18.6 Å². The van der Waals surface area contributed by atoms with Gasteiger partial charge in [-0.3, -0.25) is 0 Å². The summed E-state index contributed by atoms with van der Waals surface area (Å²) < 4.78 is 0. The van der Waals surface area contributed by atoms with Gasteiger partial charge in [0.1, 0.15) is 0 Å². The van der Waals surface area contributed by atoms with Crippen LogP contribution < -0.4 is 0 Å². The van der Waals surface area contributed by atoms with Gasteiger partial charge in [-0.15, -0.1) is 0 Å². The number of rotatable bonds is 3. The standard InChI is InChI=1S/C14H15NO/c1-11(15-16)6-7-12-8-9-13-4-2-3-5-14(13)10-12/h2-5,8-10,16H,6-7H2,1H3/b15-11-. The van der Waals surface area contributed by atoms with Crippen molar-refractivity contribution in [3.63, 3.8) is 0 Å². The molecule has 0 fully saturated rings. The molecule has 0 radical (unpaired) electrons. The highest BCUT2D eigenvalue weighted by atomic mass is 16.4. The fraction of sp³-hybridized carbons (Fsp3) is 0.214. The molecule has 2 aromatic carbocycles. The molecule has 0 aromatic heterocycles. The largest absolute Gasteiger partial charge is 0.411 e. The van der Waals surface area contributed by atoms with Crippen molar-refractivity contribution in [2.24, 2.45) is 5.16 Å². The van der Waals surface area contributed by atoms with Crippen molar-refractivity contribution in [2.75, 3.05) is 0 Å². The predicted molar refractivity (Wildman–Crippen MR) is 67.2 cm³/mol. The second-order valence-corrected chi connectivity index (χ2v) is 4.02. The summed E-state index contributed by atoms with van der Waals surface area (Å²) in [4.78, 5) is 0. The van der Waals surface area contributed by atoms with E-state index < -0.39 is 0 Å². The number of hydrogen-bond acceptors (Lipinski definition) is 2. The molecule has 82 valence electrons. The van der Waals surface area contributed by atoms with Gasteiger partial charge in [0.25, 0.3) is 0 Å². The highest BCUT2D eigenvalue weighted by Crippen LogP contribution is 2.16. The monoisotopic (exact) mass is 213 g/mol. The van der Waals surface area contributed by atoms with Gasteiger partial charge >= 0.3 is 0 Å². The van der Waals surface area contributed by atoms with Crippen molar-refractivity contribution < 1.29 is 5.21 Å². The molecule has 0 saturated carbocycles. The summed E-state index contributed by atoms with van der Waals surface area (Å²) in [5, 5.41) is 14.3. The minimum atomic E-state index is 0.771. The van der Waals surface area contributed by atoms with Crippen LogP contribution in [0.15, 0.2) is 47.6 Å².